The molecule has 4 atom stereocenters. The van der Waals surface area contributed by atoms with Crippen LogP contribution in [0.1, 0.15) is 29.6 Å². The van der Waals surface area contributed by atoms with E-state index in [2.05, 4.69) is 0 Å². The molecule has 0 amide bonds. The molecule has 4 bridgehead atoms. The van der Waals surface area contributed by atoms with Crippen LogP contribution in [0.4, 0.5) is 0 Å². The second kappa shape index (κ2) is 2.54. The Morgan fingerprint density at radius 1 is 1.06 bits per heavy atom. The summed E-state index contributed by atoms with van der Waals surface area (Å²) in [6.07, 6.45) is 0.206. The van der Waals surface area contributed by atoms with Gasteiger partial charge in [-0.25, -0.2) is 0 Å². The number of benzene rings is 1. The van der Waals surface area contributed by atoms with Gasteiger partial charge in [0.25, 0.3) is 0 Å². The summed E-state index contributed by atoms with van der Waals surface area (Å²) in [5.41, 5.74) is 2.19. The Hall–Kier alpha value is -1.64. The Bertz CT molecular complexity index is 473. The predicted molar refractivity (Wildman–Crippen MR) is 54.6 cm³/mol. The van der Waals surface area contributed by atoms with E-state index in [0.29, 0.717) is 6.42 Å². The molecule has 1 saturated carbocycles. The van der Waals surface area contributed by atoms with Gasteiger partial charge < -0.3 is 4.74 Å². The molecular formula is C13H10O3. The molecule has 3 aliphatic rings. The molecule has 0 spiro atoms. The third kappa shape index (κ3) is 0.775. The molecule has 3 nitrogen and oxygen atoms in total. The smallest absolute Gasteiger partial charge is 0.311 e. The molecule has 0 N–H and O–H groups in total. The van der Waals surface area contributed by atoms with E-state index >= 15 is 0 Å². The van der Waals surface area contributed by atoms with Crippen molar-refractivity contribution in [2.75, 3.05) is 0 Å². The molecule has 1 aliphatic heterocycles. The maximum absolute atomic E-state index is 11.9. The van der Waals surface area contributed by atoms with E-state index < -0.39 is 0 Å². The Morgan fingerprint density at radius 2 is 1.81 bits per heavy atom. The van der Waals surface area contributed by atoms with Gasteiger partial charge in [-0.1, -0.05) is 24.3 Å². The van der Waals surface area contributed by atoms with Crippen LogP contribution in [0.3, 0.4) is 0 Å². The molecule has 3 heteroatoms. The number of esters is 1. The Morgan fingerprint density at radius 3 is 2.62 bits per heavy atom. The van der Waals surface area contributed by atoms with Crippen LogP contribution in [0, 0.1) is 11.8 Å². The van der Waals surface area contributed by atoms with Crippen LogP contribution in [0.5, 0.6) is 0 Å². The first kappa shape index (κ1) is 8.50. The van der Waals surface area contributed by atoms with Crippen LogP contribution in [0.15, 0.2) is 24.3 Å². The van der Waals surface area contributed by atoms with Crippen molar-refractivity contribution in [1.82, 2.24) is 0 Å². The van der Waals surface area contributed by atoms with Gasteiger partial charge in [0.05, 0.1) is 11.8 Å². The fraction of sp³-hybridized carbons (Fsp3) is 0.385. The molecule has 2 aliphatic carbocycles. The minimum absolute atomic E-state index is 0.0694. The summed E-state index contributed by atoms with van der Waals surface area (Å²) in [7, 11) is 0. The van der Waals surface area contributed by atoms with E-state index in [9.17, 15) is 9.59 Å². The molecular weight excluding hydrogens is 204 g/mol. The number of ketones is 1. The molecule has 1 aromatic rings. The van der Waals surface area contributed by atoms with E-state index in [1.165, 1.54) is 0 Å². The molecule has 1 saturated heterocycles. The fourth-order valence-electron chi connectivity index (χ4n) is 3.54. The van der Waals surface area contributed by atoms with E-state index in [-0.39, 0.29) is 35.6 Å². The number of rotatable bonds is 0. The second-order valence-corrected chi connectivity index (χ2v) is 4.81. The van der Waals surface area contributed by atoms with Gasteiger partial charge in [0.1, 0.15) is 11.9 Å². The van der Waals surface area contributed by atoms with Crippen LogP contribution < -0.4 is 0 Å². The first-order valence-corrected chi connectivity index (χ1v) is 5.59. The van der Waals surface area contributed by atoms with Crippen molar-refractivity contribution in [1.29, 1.82) is 0 Å². The zero-order chi connectivity index (χ0) is 10.9. The van der Waals surface area contributed by atoms with Gasteiger partial charge in [0, 0.05) is 12.3 Å². The largest absolute Gasteiger partial charge is 0.456 e. The average Bonchev–Trinajstić information content (AvgIpc) is 2.73. The average molecular weight is 214 g/mol. The normalized spacial score (nSPS) is 38.5. The molecule has 16 heavy (non-hydrogen) atoms. The predicted octanol–water partition coefficient (Wildman–Crippen LogP) is 1.59. The van der Waals surface area contributed by atoms with Gasteiger partial charge in [-0.3, -0.25) is 9.59 Å². The summed E-state index contributed by atoms with van der Waals surface area (Å²) >= 11 is 0. The maximum Gasteiger partial charge on any atom is 0.311 e. The third-order valence-corrected chi connectivity index (χ3v) is 4.16. The minimum atomic E-state index is -0.306. The van der Waals surface area contributed by atoms with Crippen molar-refractivity contribution in [3.8, 4) is 0 Å². The second-order valence-electron chi connectivity index (χ2n) is 4.81. The van der Waals surface area contributed by atoms with Crippen molar-refractivity contribution in [2.24, 2.45) is 11.8 Å². The number of hydrogen-bond donors (Lipinski definition) is 0. The van der Waals surface area contributed by atoms with Gasteiger partial charge in [-0.2, -0.15) is 0 Å². The number of ether oxygens (including phenoxy) is 1. The van der Waals surface area contributed by atoms with Crippen molar-refractivity contribution in [3.63, 3.8) is 0 Å². The highest BCUT2D eigenvalue weighted by Crippen LogP contribution is 2.58. The number of Topliss-reactive ketones (excluding diaryl/α,β-unsaturated/α-hetero) is 1. The van der Waals surface area contributed by atoms with Crippen LogP contribution in [-0.2, 0) is 14.3 Å². The highest BCUT2D eigenvalue weighted by atomic mass is 16.6. The highest BCUT2D eigenvalue weighted by molar-refractivity contribution is 5.96. The summed E-state index contributed by atoms with van der Waals surface area (Å²) in [6.45, 7) is 0. The molecule has 4 rings (SSSR count). The van der Waals surface area contributed by atoms with Crippen LogP contribution >= 0.6 is 0 Å². The zero-order valence-electron chi connectivity index (χ0n) is 8.55. The van der Waals surface area contributed by atoms with Gasteiger partial charge in [-0.15, -0.1) is 0 Å². The van der Waals surface area contributed by atoms with Gasteiger partial charge in [0.15, 0.2) is 0 Å². The number of carbonyl (C=O) groups excluding carboxylic acids is 2. The van der Waals surface area contributed by atoms with E-state index in [4.69, 9.17) is 4.74 Å². The molecule has 1 aromatic carbocycles. The topological polar surface area (TPSA) is 43.4 Å². The summed E-state index contributed by atoms with van der Waals surface area (Å²) in [5.74, 6) is -0.316. The lowest BCUT2D eigenvalue weighted by atomic mass is 9.75. The maximum atomic E-state index is 11.9. The van der Waals surface area contributed by atoms with Gasteiger partial charge >= 0.3 is 5.97 Å². The summed E-state index contributed by atoms with van der Waals surface area (Å²) < 4.78 is 5.36. The standard InChI is InChI=1S/C13H10O3/c14-9-5-8-6-3-1-2-4-7(6)12-11(9)10(8)13(15)16-12/h1-4,8,10-12H,5H2/t8-,10+,11+,12-/m1/s1. The number of fused-ring (bicyclic) bond motifs is 3. The number of carbonyl (C=O) groups is 2. The molecule has 80 valence electrons. The Kier molecular flexibility index (Phi) is 1.35. The lowest BCUT2D eigenvalue weighted by Crippen LogP contribution is -2.24. The minimum Gasteiger partial charge on any atom is -0.456 e. The van der Waals surface area contributed by atoms with Gasteiger partial charge in [0.2, 0.25) is 0 Å². The van der Waals surface area contributed by atoms with Crippen molar-refractivity contribution in [3.05, 3.63) is 35.4 Å². The van der Waals surface area contributed by atoms with E-state index in [1.807, 2.05) is 24.3 Å². The lowest BCUT2D eigenvalue weighted by Gasteiger charge is -2.24. The van der Waals surface area contributed by atoms with Crippen LogP contribution in [-0.4, -0.2) is 11.8 Å². The zero-order valence-corrected chi connectivity index (χ0v) is 8.55. The fourth-order valence-corrected chi connectivity index (χ4v) is 3.54. The molecule has 0 unspecified atom stereocenters. The SMILES string of the molecule is O=C1O[C@@H]2c3ccccc3[C@H]3CC(=O)[C@H]2[C@@H]13. The van der Waals surface area contributed by atoms with Crippen molar-refractivity contribution < 1.29 is 14.3 Å². The summed E-state index contributed by atoms with van der Waals surface area (Å²) in [6, 6.07) is 7.91. The summed E-state index contributed by atoms with van der Waals surface area (Å²) in [4.78, 5) is 23.7. The Balaban J connectivity index is 2.01. The van der Waals surface area contributed by atoms with Crippen LogP contribution in [0.25, 0.3) is 0 Å². The quantitative estimate of drug-likeness (QED) is 0.616. The number of hydrogen-bond acceptors (Lipinski definition) is 3. The van der Waals surface area contributed by atoms with E-state index in [1.54, 1.807) is 0 Å². The molecule has 1 heterocycles. The Labute approximate surface area is 92.4 Å². The van der Waals surface area contributed by atoms with Gasteiger partial charge in [-0.05, 0) is 11.1 Å². The third-order valence-electron chi connectivity index (χ3n) is 4.16. The monoisotopic (exact) mass is 214 g/mol. The summed E-state index contributed by atoms with van der Waals surface area (Å²) in [5, 5.41) is 0. The van der Waals surface area contributed by atoms with Crippen LogP contribution in [0.2, 0.25) is 0 Å². The first-order valence-electron chi connectivity index (χ1n) is 5.59. The first-order chi connectivity index (χ1) is 7.77. The van der Waals surface area contributed by atoms with Crippen molar-refractivity contribution >= 4 is 11.8 Å². The van der Waals surface area contributed by atoms with Crippen molar-refractivity contribution in [2.45, 2.75) is 18.4 Å². The molecule has 0 radical (unpaired) electrons. The molecule has 0 aromatic heterocycles. The van der Waals surface area contributed by atoms with E-state index in [0.717, 1.165) is 11.1 Å². The molecule has 2 fully saturated rings. The highest BCUT2D eigenvalue weighted by Gasteiger charge is 2.61. The lowest BCUT2D eigenvalue weighted by molar-refractivity contribution is -0.144.